The number of fused-ring (bicyclic) bond motifs is 2. The Morgan fingerprint density at radius 1 is 0.941 bits per heavy atom. The highest BCUT2D eigenvalue weighted by atomic mass is 35.5. The van der Waals surface area contributed by atoms with Gasteiger partial charge in [-0.15, -0.1) is 0 Å². The molecule has 0 bridgehead atoms. The predicted octanol–water partition coefficient (Wildman–Crippen LogP) is 5.51. The van der Waals surface area contributed by atoms with Crippen LogP contribution >= 0.6 is 11.6 Å². The van der Waals surface area contributed by atoms with Crippen LogP contribution in [0.15, 0.2) is 94.9 Å². The van der Waals surface area contributed by atoms with Crippen molar-refractivity contribution in [3.05, 3.63) is 101 Å². The van der Waals surface area contributed by atoms with E-state index < -0.39 is 15.8 Å². The summed E-state index contributed by atoms with van der Waals surface area (Å²) < 4.78 is 34.3. The second-order valence-corrected chi connectivity index (χ2v) is 10.1. The average Bonchev–Trinajstić information content (AvgIpc) is 3.21. The molecule has 8 heteroatoms. The van der Waals surface area contributed by atoms with Crippen LogP contribution < -0.4 is 0 Å². The molecule has 170 valence electrons. The van der Waals surface area contributed by atoms with E-state index in [-0.39, 0.29) is 15.5 Å². The Kier molecular flexibility index (Phi) is 5.59. The van der Waals surface area contributed by atoms with Crippen molar-refractivity contribution in [3.63, 3.8) is 0 Å². The molecule has 4 aromatic carbocycles. The lowest BCUT2D eigenvalue weighted by atomic mass is 10.1. The van der Waals surface area contributed by atoms with E-state index in [0.29, 0.717) is 27.9 Å². The van der Waals surface area contributed by atoms with Crippen LogP contribution in [-0.4, -0.2) is 31.3 Å². The van der Waals surface area contributed by atoms with Crippen molar-refractivity contribution in [2.75, 3.05) is 7.11 Å². The highest BCUT2D eigenvalue weighted by Crippen LogP contribution is 2.33. The van der Waals surface area contributed by atoms with Crippen LogP contribution in [0, 0.1) is 0 Å². The third kappa shape index (κ3) is 3.83. The van der Waals surface area contributed by atoms with E-state index in [1.54, 1.807) is 53.2 Å². The molecule has 6 nitrogen and oxygen atoms in total. The first kappa shape index (κ1) is 22.1. The lowest BCUT2D eigenvalue weighted by Gasteiger charge is -2.07. The molecule has 5 rings (SSSR count). The molecule has 0 saturated carbocycles. The number of hydrogen-bond donors (Lipinski definition) is 0. The summed E-state index contributed by atoms with van der Waals surface area (Å²) in [4.78, 5) is 12.3. The first-order valence-corrected chi connectivity index (χ1v) is 12.3. The van der Waals surface area contributed by atoms with Crippen molar-refractivity contribution in [1.29, 1.82) is 0 Å². The van der Waals surface area contributed by atoms with Gasteiger partial charge in [0.1, 0.15) is 0 Å². The van der Waals surface area contributed by atoms with Gasteiger partial charge in [0, 0.05) is 15.8 Å². The normalized spacial score (nSPS) is 11.7. The van der Waals surface area contributed by atoms with Crippen molar-refractivity contribution < 1.29 is 17.9 Å². The number of methoxy groups -OCH3 is 1. The molecule has 0 atom stereocenters. The molecule has 34 heavy (non-hydrogen) atoms. The van der Waals surface area contributed by atoms with Crippen LogP contribution in [0.1, 0.15) is 15.9 Å². The van der Waals surface area contributed by atoms with E-state index >= 15 is 0 Å². The fourth-order valence-corrected chi connectivity index (χ4v) is 5.87. The van der Waals surface area contributed by atoms with E-state index in [1.807, 2.05) is 30.3 Å². The molecule has 0 aliphatic heterocycles. The molecule has 5 aromatic rings. The Balaban J connectivity index is 1.75. The van der Waals surface area contributed by atoms with Gasteiger partial charge >= 0.3 is 5.97 Å². The molecule has 0 aliphatic rings. The maximum Gasteiger partial charge on any atom is 0.337 e. The van der Waals surface area contributed by atoms with Crippen LogP contribution in [0.25, 0.3) is 21.7 Å². The molecule has 1 aromatic heterocycles. The third-order valence-electron chi connectivity index (χ3n) is 5.65. The van der Waals surface area contributed by atoms with Gasteiger partial charge in [0.05, 0.1) is 29.6 Å². The number of benzene rings is 4. The number of nitrogens with zero attached hydrogens (tertiary/aromatic N) is 2. The number of sulfone groups is 1. The third-order valence-corrected chi connectivity index (χ3v) is 7.63. The number of aromatic nitrogens is 2. The number of esters is 1. The lowest BCUT2D eigenvalue weighted by molar-refractivity contribution is 0.0601. The molecule has 0 amide bonds. The summed E-state index contributed by atoms with van der Waals surface area (Å²) in [6, 6.07) is 24.5. The number of ether oxygens (including phenoxy) is 1. The largest absolute Gasteiger partial charge is 0.465 e. The molecule has 0 aliphatic carbocycles. The van der Waals surface area contributed by atoms with Gasteiger partial charge in [-0.3, -0.25) is 4.68 Å². The predicted molar refractivity (Wildman–Crippen MR) is 131 cm³/mol. The average molecular weight is 491 g/mol. The van der Waals surface area contributed by atoms with Crippen LogP contribution in [0.2, 0.25) is 5.02 Å². The fraction of sp³-hybridized carbons (Fsp3) is 0.0769. The van der Waals surface area contributed by atoms with Gasteiger partial charge in [0.25, 0.3) is 0 Å². The van der Waals surface area contributed by atoms with Crippen LogP contribution in [0.5, 0.6) is 0 Å². The quantitative estimate of drug-likeness (QED) is 0.303. The first-order chi connectivity index (χ1) is 16.4. The van der Waals surface area contributed by atoms with Gasteiger partial charge in [-0.05, 0) is 47.3 Å². The SMILES string of the molecule is COC(=O)c1ccc2c(c1)c(S(=O)(=O)c1cccc3ccccc13)nn2Cc1cccc(Cl)c1. The number of carbonyl (C=O) groups is 1. The topological polar surface area (TPSA) is 78.3 Å². The molecule has 0 fully saturated rings. The van der Waals surface area contributed by atoms with Crippen molar-refractivity contribution >= 4 is 49.1 Å². The molecule has 0 spiro atoms. The standard InChI is InChI=1S/C26H19ClN2O4S/c1-33-26(30)19-12-13-23-22(15-19)25(28-29(23)16-17-6-4-9-20(27)14-17)34(31,32)24-11-5-8-18-7-2-3-10-21(18)24/h2-15H,16H2,1H3. The number of halogens is 1. The zero-order valence-electron chi connectivity index (χ0n) is 18.1. The molecule has 0 radical (unpaired) electrons. The first-order valence-electron chi connectivity index (χ1n) is 10.4. The molecular weight excluding hydrogens is 472 g/mol. The molecular formula is C26H19ClN2O4S. The number of rotatable bonds is 5. The number of carbonyl (C=O) groups excluding carboxylic acids is 1. The molecule has 1 heterocycles. The second kappa shape index (κ2) is 8.59. The number of hydrogen-bond acceptors (Lipinski definition) is 5. The van der Waals surface area contributed by atoms with E-state index in [1.165, 1.54) is 13.2 Å². The minimum Gasteiger partial charge on any atom is -0.465 e. The van der Waals surface area contributed by atoms with E-state index in [0.717, 1.165) is 10.9 Å². The monoisotopic (exact) mass is 490 g/mol. The van der Waals surface area contributed by atoms with Crippen molar-refractivity contribution in [2.24, 2.45) is 0 Å². The van der Waals surface area contributed by atoms with Crippen molar-refractivity contribution in [1.82, 2.24) is 9.78 Å². The van der Waals surface area contributed by atoms with Crippen molar-refractivity contribution in [3.8, 4) is 0 Å². The second-order valence-electron chi connectivity index (χ2n) is 7.80. The summed E-state index contributed by atoms with van der Waals surface area (Å²) >= 11 is 6.14. The lowest BCUT2D eigenvalue weighted by Crippen LogP contribution is -2.07. The molecule has 0 unspecified atom stereocenters. The highest BCUT2D eigenvalue weighted by Gasteiger charge is 2.28. The Bertz CT molecular complexity index is 1670. The van der Waals surface area contributed by atoms with Crippen LogP contribution in [0.3, 0.4) is 0 Å². The Morgan fingerprint density at radius 3 is 2.50 bits per heavy atom. The Hall–Kier alpha value is -3.68. The van der Waals surface area contributed by atoms with E-state index in [9.17, 15) is 13.2 Å². The van der Waals surface area contributed by atoms with Gasteiger partial charge in [-0.1, -0.05) is 60.1 Å². The summed E-state index contributed by atoms with van der Waals surface area (Å²) in [5.74, 6) is -0.557. The Morgan fingerprint density at radius 2 is 1.71 bits per heavy atom. The van der Waals surface area contributed by atoms with Gasteiger partial charge < -0.3 is 4.74 Å². The maximum absolute atomic E-state index is 13.9. The van der Waals surface area contributed by atoms with Crippen molar-refractivity contribution in [2.45, 2.75) is 16.5 Å². The minimum absolute atomic E-state index is 0.119. The molecule has 0 N–H and O–H groups in total. The highest BCUT2D eigenvalue weighted by molar-refractivity contribution is 7.91. The van der Waals surface area contributed by atoms with Crippen LogP contribution in [-0.2, 0) is 21.1 Å². The summed E-state index contributed by atoms with van der Waals surface area (Å²) in [7, 11) is -2.75. The van der Waals surface area contributed by atoms with Gasteiger partial charge in [-0.2, -0.15) is 5.10 Å². The van der Waals surface area contributed by atoms with Gasteiger partial charge in [-0.25, -0.2) is 13.2 Å². The molecule has 0 saturated heterocycles. The van der Waals surface area contributed by atoms with Crippen LogP contribution in [0.4, 0.5) is 0 Å². The minimum atomic E-state index is -4.03. The maximum atomic E-state index is 13.9. The van der Waals surface area contributed by atoms with Gasteiger partial charge in [0.15, 0.2) is 5.03 Å². The summed E-state index contributed by atoms with van der Waals surface area (Å²) in [6.07, 6.45) is 0. The summed E-state index contributed by atoms with van der Waals surface area (Å²) in [5.41, 5.74) is 1.68. The van der Waals surface area contributed by atoms with Gasteiger partial charge in [0.2, 0.25) is 9.84 Å². The Labute approximate surface area is 201 Å². The van der Waals surface area contributed by atoms with E-state index in [2.05, 4.69) is 5.10 Å². The smallest absolute Gasteiger partial charge is 0.337 e. The summed E-state index contributed by atoms with van der Waals surface area (Å²) in [6.45, 7) is 0.305. The van der Waals surface area contributed by atoms with E-state index in [4.69, 9.17) is 16.3 Å². The zero-order valence-corrected chi connectivity index (χ0v) is 19.7. The summed E-state index contributed by atoms with van der Waals surface area (Å²) in [5, 5.41) is 6.74. The fourth-order valence-electron chi connectivity index (χ4n) is 4.06. The zero-order chi connectivity index (χ0) is 23.9.